The van der Waals surface area contributed by atoms with E-state index in [2.05, 4.69) is 5.32 Å². The summed E-state index contributed by atoms with van der Waals surface area (Å²) in [5.41, 5.74) is 0.644. The summed E-state index contributed by atoms with van der Waals surface area (Å²) in [6.45, 7) is 1.01. The number of fused-ring (bicyclic) bond motifs is 1. The Kier molecular flexibility index (Phi) is 6.20. The van der Waals surface area contributed by atoms with Crippen molar-refractivity contribution in [2.75, 3.05) is 18.5 Å². The van der Waals surface area contributed by atoms with E-state index >= 15 is 0 Å². The predicted molar refractivity (Wildman–Crippen MR) is 116 cm³/mol. The number of nitrogens with one attached hydrogen (secondary N) is 1. The third kappa shape index (κ3) is 4.40. The quantitative estimate of drug-likeness (QED) is 0.561. The Morgan fingerprint density at radius 3 is 2.68 bits per heavy atom. The van der Waals surface area contributed by atoms with Crippen LogP contribution < -0.4 is 5.32 Å². The third-order valence-electron chi connectivity index (χ3n) is 5.81. The van der Waals surface area contributed by atoms with Crippen LogP contribution in [0.25, 0.3) is 0 Å². The van der Waals surface area contributed by atoms with Crippen LogP contribution in [0.5, 0.6) is 0 Å². The number of amides is 2. The number of anilines is 1. The van der Waals surface area contributed by atoms with Gasteiger partial charge in [0.25, 0.3) is 17.5 Å². The third-order valence-corrected chi connectivity index (χ3v) is 6.12. The summed E-state index contributed by atoms with van der Waals surface area (Å²) < 4.78 is 5.86. The second-order valence-electron chi connectivity index (χ2n) is 7.68. The first-order valence-electron chi connectivity index (χ1n) is 10.2. The summed E-state index contributed by atoms with van der Waals surface area (Å²) >= 11 is 6.08. The number of carbonyl (C=O) groups is 2. The smallest absolute Gasteiger partial charge is 0.270 e. The predicted octanol–water partition coefficient (Wildman–Crippen LogP) is 4.28. The van der Waals surface area contributed by atoms with Gasteiger partial charge in [-0.05, 0) is 31.0 Å². The monoisotopic (exact) mass is 443 g/mol. The van der Waals surface area contributed by atoms with Gasteiger partial charge in [-0.15, -0.1) is 0 Å². The highest BCUT2D eigenvalue weighted by Crippen LogP contribution is 2.31. The maximum atomic E-state index is 13.4. The highest BCUT2D eigenvalue weighted by atomic mass is 35.5. The lowest BCUT2D eigenvalue weighted by Gasteiger charge is -2.44. The number of ether oxygens (including phenoxy) is 1. The van der Waals surface area contributed by atoms with E-state index in [1.807, 2.05) is 4.90 Å². The molecule has 2 unspecified atom stereocenters. The van der Waals surface area contributed by atoms with Crippen LogP contribution in [-0.4, -0.2) is 46.9 Å². The van der Waals surface area contributed by atoms with Crippen molar-refractivity contribution in [1.29, 1.82) is 0 Å². The van der Waals surface area contributed by atoms with Crippen LogP contribution in [0.4, 0.5) is 11.4 Å². The van der Waals surface area contributed by atoms with E-state index in [0.717, 1.165) is 31.7 Å². The first kappa shape index (κ1) is 21.3. The number of morpholine rings is 1. The van der Waals surface area contributed by atoms with Gasteiger partial charge in [0.1, 0.15) is 0 Å². The van der Waals surface area contributed by atoms with Gasteiger partial charge in [-0.3, -0.25) is 19.7 Å². The molecule has 0 aromatic heterocycles. The summed E-state index contributed by atoms with van der Waals surface area (Å²) in [4.78, 5) is 38.4. The van der Waals surface area contributed by atoms with E-state index < -0.39 is 10.8 Å². The van der Waals surface area contributed by atoms with Gasteiger partial charge in [0.15, 0.2) is 0 Å². The molecule has 2 aromatic carbocycles. The first-order chi connectivity index (χ1) is 15.0. The van der Waals surface area contributed by atoms with Gasteiger partial charge < -0.3 is 15.0 Å². The van der Waals surface area contributed by atoms with E-state index in [-0.39, 0.29) is 34.3 Å². The summed E-state index contributed by atoms with van der Waals surface area (Å²) in [7, 11) is 0. The van der Waals surface area contributed by atoms with Crippen molar-refractivity contribution in [2.45, 2.75) is 37.8 Å². The number of carbonyl (C=O) groups excluding carboxylic acids is 2. The number of nitro groups is 1. The van der Waals surface area contributed by atoms with Crippen molar-refractivity contribution in [3.8, 4) is 0 Å². The zero-order valence-electron chi connectivity index (χ0n) is 16.8. The number of non-ortho nitro benzene ring substituents is 1. The van der Waals surface area contributed by atoms with Gasteiger partial charge in [-0.2, -0.15) is 0 Å². The van der Waals surface area contributed by atoms with Crippen LogP contribution in [0.15, 0.2) is 42.5 Å². The van der Waals surface area contributed by atoms with Crippen LogP contribution in [-0.2, 0) is 4.74 Å². The molecule has 1 aliphatic heterocycles. The number of hydrogen-bond acceptors (Lipinski definition) is 5. The number of rotatable bonds is 4. The van der Waals surface area contributed by atoms with E-state index in [1.165, 1.54) is 12.1 Å². The average molecular weight is 444 g/mol. The topological polar surface area (TPSA) is 102 Å². The normalized spacial score (nSPS) is 20.6. The standard InChI is InChI=1S/C22H22ClN3O5/c23-17-13-14(26(29)30)9-10-15(17)21(27)24-18-6-2-1-5-16(18)22(28)25-11-12-31-20-8-4-3-7-19(20)25/h1-2,5-6,9-10,13,19-20H,3-4,7-8,11-12H2,(H,24,27). The summed E-state index contributed by atoms with van der Waals surface area (Å²) in [6, 6.07) is 10.5. The van der Waals surface area contributed by atoms with Crippen LogP contribution in [0.1, 0.15) is 46.4 Å². The lowest BCUT2D eigenvalue weighted by Crippen LogP contribution is -2.54. The van der Waals surface area contributed by atoms with Gasteiger partial charge in [0.05, 0.1) is 45.5 Å². The Morgan fingerprint density at radius 2 is 1.90 bits per heavy atom. The molecule has 2 aromatic rings. The summed E-state index contributed by atoms with van der Waals surface area (Å²) in [5.74, 6) is -0.691. The molecule has 0 spiro atoms. The number of nitrogens with zero attached hydrogens (tertiary/aromatic N) is 2. The van der Waals surface area contributed by atoms with Gasteiger partial charge in [-0.25, -0.2) is 0 Å². The molecule has 1 N–H and O–H groups in total. The molecular formula is C22H22ClN3O5. The molecule has 1 heterocycles. The maximum absolute atomic E-state index is 13.4. The van der Waals surface area contributed by atoms with Gasteiger partial charge in [0, 0.05) is 18.7 Å². The second-order valence-corrected chi connectivity index (χ2v) is 8.09. The van der Waals surface area contributed by atoms with Crippen LogP contribution >= 0.6 is 11.6 Å². The molecule has 162 valence electrons. The van der Waals surface area contributed by atoms with E-state index in [4.69, 9.17) is 16.3 Å². The molecule has 8 nitrogen and oxygen atoms in total. The molecule has 2 aliphatic rings. The van der Waals surface area contributed by atoms with Crippen LogP contribution in [0, 0.1) is 10.1 Å². The highest BCUT2D eigenvalue weighted by molar-refractivity contribution is 6.34. The fourth-order valence-corrected chi connectivity index (χ4v) is 4.53. The minimum atomic E-state index is -0.581. The Hall–Kier alpha value is -2.97. The fourth-order valence-electron chi connectivity index (χ4n) is 4.27. The Balaban J connectivity index is 1.57. The van der Waals surface area contributed by atoms with Gasteiger partial charge >= 0.3 is 0 Å². The molecule has 9 heteroatoms. The van der Waals surface area contributed by atoms with Crippen LogP contribution in [0.2, 0.25) is 5.02 Å². The second kappa shape index (κ2) is 9.03. The van der Waals surface area contributed by atoms with E-state index in [9.17, 15) is 19.7 Å². The molecule has 4 rings (SSSR count). The number of para-hydroxylation sites is 1. The molecule has 2 atom stereocenters. The fraction of sp³-hybridized carbons (Fsp3) is 0.364. The molecule has 0 bridgehead atoms. The summed E-state index contributed by atoms with van der Waals surface area (Å²) in [5, 5.41) is 13.6. The number of benzene rings is 2. The zero-order chi connectivity index (χ0) is 22.0. The van der Waals surface area contributed by atoms with Gasteiger partial charge in [0.2, 0.25) is 0 Å². The van der Waals surface area contributed by atoms with Crippen LogP contribution in [0.3, 0.4) is 0 Å². The zero-order valence-corrected chi connectivity index (χ0v) is 17.5. The van der Waals surface area contributed by atoms with Crippen molar-refractivity contribution in [1.82, 2.24) is 4.90 Å². The minimum absolute atomic E-state index is 0.0336. The van der Waals surface area contributed by atoms with E-state index in [0.29, 0.717) is 24.4 Å². The molecule has 0 radical (unpaired) electrons. The van der Waals surface area contributed by atoms with Gasteiger partial charge in [-0.1, -0.05) is 36.6 Å². The number of halogens is 1. The molecule has 31 heavy (non-hydrogen) atoms. The largest absolute Gasteiger partial charge is 0.374 e. The SMILES string of the molecule is O=C(Nc1ccccc1C(=O)N1CCOC2CCCCC21)c1ccc([N+](=O)[O-])cc1Cl. The minimum Gasteiger partial charge on any atom is -0.374 e. The molecule has 1 saturated carbocycles. The van der Waals surface area contributed by atoms with Crippen molar-refractivity contribution >= 4 is 34.8 Å². The summed E-state index contributed by atoms with van der Waals surface area (Å²) in [6.07, 6.45) is 4.08. The van der Waals surface area contributed by atoms with Crippen molar-refractivity contribution in [3.63, 3.8) is 0 Å². The lowest BCUT2D eigenvalue weighted by molar-refractivity contribution is -0.384. The molecule has 1 saturated heterocycles. The van der Waals surface area contributed by atoms with Crippen molar-refractivity contribution < 1.29 is 19.2 Å². The number of nitro benzene ring substituents is 1. The molecule has 2 amide bonds. The number of hydrogen-bond donors (Lipinski definition) is 1. The molecule has 1 aliphatic carbocycles. The molecular weight excluding hydrogens is 422 g/mol. The Morgan fingerprint density at radius 1 is 1.13 bits per heavy atom. The Labute approximate surface area is 184 Å². The van der Waals surface area contributed by atoms with Crippen molar-refractivity contribution in [3.05, 3.63) is 68.7 Å². The average Bonchev–Trinajstić information content (AvgIpc) is 2.78. The van der Waals surface area contributed by atoms with Crippen molar-refractivity contribution in [2.24, 2.45) is 0 Å². The van der Waals surface area contributed by atoms with E-state index in [1.54, 1.807) is 24.3 Å². The molecule has 2 fully saturated rings. The lowest BCUT2D eigenvalue weighted by atomic mass is 9.89. The highest BCUT2D eigenvalue weighted by Gasteiger charge is 2.37. The first-order valence-corrected chi connectivity index (χ1v) is 10.6. The maximum Gasteiger partial charge on any atom is 0.270 e. The Bertz CT molecular complexity index is 1030.